The maximum absolute atomic E-state index is 12.3. The van der Waals surface area contributed by atoms with Crippen molar-refractivity contribution in [1.82, 2.24) is 10.2 Å². The van der Waals surface area contributed by atoms with Gasteiger partial charge in [-0.2, -0.15) is 0 Å². The summed E-state index contributed by atoms with van der Waals surface area (Å²) in [5.41, 5.74) is 8.95. The third-order valence-corrected chi connectivity index (χ3v) is 4.53. The molecule has 0 spiro atoms. The Morgan fingerprint density at radius 3 is 2.72 bits per heavy atom. The van der Waals surface area contributed by atoms with E-state index in [9.17, 15) is 4.79 Å². The van der Waals surface area contributed by atoms with Gasteiger partial charge in [-0.15, -0.1) is 0 Å². The van der Waals surface area contributed by atoms with Crippen LogP contribution in [-0.2, 0) is 6.42 Å². The molecular weight excluding hydrogens is 312 g/mol. The number of urea groups is 1. The summed E-state index contributed by atoms with van der Waals surface area (Å²) >= 11 is 0. The van der Waals surface area contributed by atoms with E-state index in [1.807, 2.05) is 36.4 Å². The number of nitrogens with zero attached hydrogens (tertiary/aromatic N) is 1. The number of amides is 2. The monoisotopic (exact) mass is 338 g/mol. The zero-order valence-corrected chi connectivity index (χ0v) is 14.4. The fraction of sp³-hybridized carbons (Fsp3) is 0.350. The lowest BCUT2D eigenvalue weighted by molar-refractivity contribution is 0.193. The Kier molecular flexibility index (Phi) is 6.04. The highest BCUT2D eigenvalue weighted by Crippen LogP contribution is 2.15. The minimum absolute atomic E-state index is 0.152. The molecule has 1 fully saturated rings. The van der Waals surface area contributed by atoms with Gasteiger partial charge in [-0.3, -0.25) is 4.90 Å². The lowest BCUT2D eigenvalue weighted by Gasteiger charge is -2.31. The Labute approximate surface area is 149 Å². The average molecular weight is 338 g/mol. The quantitative estimate of drug-likeness (QED) is 0.785. The summed E-state index contributed by atoms with van der Waals surface area (Å²) in [4.78, 5) is 14.4. The standard InChI is InChI=1S/C20H26N4O/c21-15-24-11-5-10-19(14-24)23-20(25)22-18-9-4-8-17(13-18)12-16-6-2-1-3-7-16/h1-4,6-9,13,19H,5,10-12,14-15,21H2,(H2,22,23,25). The Balaban J connectivity index is 1.55. The van der Waals surface area contributed by atoms with Crippen LogP contribution in [0.4, 0.5) is 10.5 Å². The molecule has 2 amide bonds. The van der Waals surface area contributed by atoms with Gasteiger partial charge < -0.3 is 16.4 Å². The van der Waals surface area contributed by atoms with E-state index in [4.69, 9.17) is 5.73 Å². The molecule has 5 heteroatoms. The molecule has 25 heavy (non-hydrogen) atoms. The van der Waals surface area contributed by atoms with Gasteiger partial charge in [0.15, 0.2) is 0 Å². The lowest BCUT2D eigenvalue weighted by atomic mass is 10.0. The fourth-order valence-corrected chi connectivity index (χ4v) is 3.28. The van der Waals surface area contributed by atoms with E-state index in [0.717, 1.165) is 38.0 Å². The molecule has 1 atom stereocenters. The van der Waals surface area contributed by atoms with Crippen LogP contribution >= 0.6 is 0 Å². The molecule has 2 aromatic rings. The molecule has 0 aromatic heterocycles. The SMILES string of the molecule is NCN1CCCC(NC(=O)Nc2cccc(Cc3ccccc3)c2)C1. The Morgan fingerprint density at radius 1 is 1.12 bits per heavy atom. The Morgan fingerprint density at radius 2 is 1.92 bits per heavy atom. The number of hydrogen-bond donors (Lipinski definition) is 3. The number of rotatable bonds is 5. The Hall–Kier alpha value is -2.37. The van der Waals surface area contributed by atoms with Crippen LogP contribution in [0.3, 0.4) is 0 Å². The topological polar surface area (TPSA) is 70.4 Å². The van der Waals surface area contributed by atoms with Crippen molar-refractivity contribution >= 4 is 11.7 Å². The predicted octanol–water partition coefficient (Wildman–Crippen LogP) is 2.78. The van der Waals surface area contributed by atoms with E-state index in [2.05, 4.69) is 33.7 Å². The molecule has 0 radical (unpaired) electrons. The molecule has 1 saturated heterocycles. The van der Waals surface area contributed by atoms with Crippen molar-refractivity contribution in [2.45, 2.75) is 25.3 Å². The molecule has 0 aliphatic carbocycles. The maximum Gasteiger partial charge on any atom is 0.319 e. The second-order valence-electron chi connectivity index (χ2n) is 6.56. The van der Waals surface area contributed by atoms with Crippen LogP contribution in [0, 0.1) is 0 Å². The third-order valence-electron chi connectivity index (χ3n) is 4.53. The van der Waals surface area contributed by atoms with E-state index in [0.29, 0.717) is 6.67 Å². The number of carbonyl (C=O) groups is 1. The van der Waals surface area contributed by atoms with E-state index in [-0.39, 0.29) is 12.1 Å². The zero-order valence-electron chi connectivity index (χ0n) is 14.4. The van der Waals surface area contributed by atoms with E-state index in [1.165, 1.54) is 11.1 Å². The largest absolute Gasteiger partial charge is 0.334 e. The first-order valence-corrected chi connectivity index (χ1v) is 8.86. The van der Waals surface area contributed by atoms with E-state index >= 15 is 0 Å². The van der Waals surface area contributed by atoms with Gasteiger partial charge in [0.25, 0.3) is 0 Å². The minimum atomic E-state index is -0.152. The minimum Gasteiger partial charge on any atom is -0.334 e. The van der Waals surface area contributed by atoms with Crippen LogP contribution < -0.4 is 16.4 Å². The fourth-order valence-electron chi connectivity index (χ4n) is 3.28. The van der Waals surface area contributed by atoms with Gasteiger partial charge in [0.2, 0.25) is 0 Å². The number of carbonyl (C=O) groups excluding carboxylic acids is 1. The van der Waals surface area contributed by atoms with Crippen molar-refractivity contribution in [3.8, 4) is 0 Å². The second kappa shape index (κ2) is 8.65. The molecule has 1 aliphatic rings. The molecule has 0 saturated carbocycles. The van der Waals surface area contributed by atoms with Gasteiger partial charge in [0, 0.05) is 24.9 Å². The molecule has 132 valence electrons. The summed E-state index contributed by atoms with van der Waals surface area (Å²) in [6.45, 7) is 2.37. The molecule has 2 aromatic carbocycles. The number of nitrogens with one attached hydrogen (secondary N) is 2. The van der Waals surface area contributed by atoms with Gasteiger partial charge in [0.1, 0.15) is 0 Å². The van der Waals surface area contributed by atoms with Crippen molar-refractivity contribution < 1.29 is 4.79 Å². The molecule has 3 rings (SSSR count). The Bertz CT molecular complexity index is 689. The average Bonchev–Trinajstić information content (AvgIpc) is 2.63. The number of benzene rings is 2. The molecule has 1 unspecified atom stereocenters. The first-order valence-electron chi connectivity index (χ1n) is 8.86. The van der Waals surface area contributed by atoms with Crippen LogP contribution in [-0.4, -0.2) is 36.7 Å². The lowest BCUT2D eigenvalue weighted by Crippen LogP contribution is -2.50. The van der Waals surface area contributed by atoms with Gasteiger partial charge in [-0.05, 0) is 49.1 Å². The van der Waals surface area contributed by atoms with Crippen LogP contribution in [0.15, 0.2) is 54.6 Å². The normalized spacial score (nSPS) is 17.9. The molecule has 1 aliphatic heterocycles. The maximum atomic E-state index is 12.3. The number of anilines is 1. The van der Waals surface area contributed by atoms with E-state index < -0.39 is 0 Å². The van der Waals surface area contributed by atoms with Crippen LogP contribution in [0.25, 0.3) is 0 Å². The van der Waals surface area contributed by atoms with Crippen LogP contribution in [0.2, 0.25) is 0 Å². The summed E-state index contributed by atoms with van der Waals surface area (Å²) in [5.74, 6) is 0. The van der Waals surface area contributed by atoms with Gasteiger partial charge in [-0.25, -0.2) is 4.79 Å². The molecule has 5 nitrogen and oxygen atoms in total. The first-order chi connectivity index (χ1) is 12.2. The van der Waals surface area contributed by atoms with Gasteiger partial charge in [0.05, 0.1) is 0 Å². The van der Waals surface area contributed by atoms with Gasteiger partial charge in [-0.1, -0.05) is 42.5 Å². The second-order valence-corrected chi connectivity index (χ2v) is 6.56. The summed E-state index contributed by atoms with van der Waals surface area (Å²) in [5, 5.41) is 6.00. The van der Waals surface area contributed by atoms with Crippen molar-refractivity contribution in [2.75, 3.05) is 25.1 Å². The summed E-state index contributed by atoms with van der Waals surface area (Å²) in [6.07, 6.45) is 2.92. The van der Waals surface area contributed by atoms with Crippen molar-refractivity contribution in [2.24, 2.45) is 5.73 Å². The molecular formula is C20H26N4O. The smallest absolute Gasteiger partial charge is 0.319 e. The van der Waals surface area contributed by atoms with Gasteiger partial charge >= 0.3 is 6.03 Å². The molecule has 1 heterocycles. The highest BCUT2D eigenvalue weighted by molar-refractivity contribution is 5.89. The molecule has 4 N–H and O–H groups in total. The number of likely N-dealkylation sites (tertiary alicyclic amines) is 1. The third kappa shape index (κ3) is 5.31. The van der Waals surface area contributed by atoms with Crippen LogP contribution in [0.1, 0.15) is 24.0 Å². The van der Waals surface area contributed by atoms with Crippen LogP contribution in [0.5, 0.6) is 0 Å². The molecule has 0 bridgehead atoms. The number of hydrogen-bond acceptors (Lipinski definition) is 3. The summed E-state index contributed by atoms with van der Waals surface area (Å²) in [7, 11) is 0. The highest BCUT2D eigenvalue weighted by atomic mass is 16.2. The van der Waals surface area contributed by atoms with Crippen molar-refractivity contribution in [3.05, 3.63) is 65.7 Å². The first kappa shape index (κ1) is 17.5. The van der Waals surface area contributed by atoms with Crippen molar-refractivity contribution in [3.63, 3.8) is 0 Å². The summed E-state index contributed by atoms with van der Waals surface area (Å²) < 4.78 is 0. The number of nitrogens with two attached hydrogens (primary N) is 1. The van der Waals surface area contributed by atoms with Crippen molar-refractivity contribution in [1.29, 1.82) is 0 Å². The predicted molar refractivity (Wildman–Crippen MR) is 101 cm³/mol. The van der Waals surface area contributed by atoms with E-state index in [1.54, 1.807) is 0 Å². The number of piperidine rings is 1. The zero-order chi connectivity index (χ0) is 17.5. The summed E-state index contributed by atoms with van der Waals surface area (Å²) in [6, 6.07) is 18.3. The highest BCUT2D eigenvalue weighted by Gasteiger charge is 2.20.